The smallest absolute Gasteiger partial charge is 0.348 e. The van der Waals surface area contributed by atoms with E-state index in [9.17, 15) is 14.9 Å². The Morgan fingerprint density at radius 2 is 1.96 bits per heavy atom. The standard InChI is InChI=1S/C18H22N2O3S/c19-12-18(8-4-5-9-18)20-16(21)11-23-17(22)15-10-13-6-2-1-3-7-14(13)24-15/h10H,1-9,11H2,(H,20,21). The fraction of sp³-hybridized carbons (Fsp3) is 0.611. The number of carbonyl (C=O) groups excluding carboxylic acids is 2. The predicted molar refractivity (Wildman–Crippen MR) is 90.8 cm³/mol. The number of esters is 1. The van der Waals surface area contributed by atoms with E-state index in [0.29, 0.717) is 17.7 Å². The highest BCUT2D eigenvalue weighted by molar-refractivity contribution is 7.14. The van der Waals surface area contributed by atoms with Crippen LogP contribution in [0.4, 0.5) is 0 Å². The lowest BCUT2D eigenvalue weighted by Crippen LogP contribution is -2.46. The van der Waals surface area contributed by atoms with E-state index in [2.05, 4.69) is 11.4 Å². The molecule has 0 spiro atoms. The maximum Gasteiger partial charge on any atom is 0.348 e. The summed E-state index contributed by atoms with van der Waals surface area (Å²) in [6.45, 7) is -0.329. The molecule has 5 nitrogen and oxygen atoms in total. The van der Waals surface area contributed by atoms with Gasteiger partial charge in [-0.3, -0.25) is 4.79 Å². The molecular formula is C18H22N2O3S. The summed E-state index contributed by atoms with van der Waals surface area (Å²) >= 11 is 1.49. The van der Waals surface area contributed by atoms with Crippen LogP contribution in [0.1, 0.15) is 65.1 Å². The molecule has 6 heteroatoms. The Morgan fingerprint density at radius 1 is 1.21 bits per heavy atom. The number of nitrogens with zero attached hydrogens (tertiary/aromatic N) is 1. The topological polar surface area (TPSA) is 79.2 Å². The molecule has 128 valence electrons. The Balaban J connectivity index is 1.54. The highest BCUT2D eigenvalue weighted by atomic mass is 32.1. The molecule has 0 bridgehead atoms. The maximum absolute atomic E-state index is 12.2. The summed E-state index contributed by atoms with van der Waals surface area (Å²) in [5, 5.41) is 12.0. The van der Waals surface area contributed by atoms with Gasteiger partial charge >= 0.3 is 5.97 Å². The monoisotopic (exact) mass is 346 g/mol. The van der Waals surface area contributed by atoms with Gasteiger partial charge in [-0.25, -0.2) is 4.79 Å². The van der Waals surface area contributed by atoms with Gasteiger partial charge in [-0.2, -0.15) is 5.26 Å². The highest BCUT2D eigenvalue weighted by Gasteiger charge is 2.35. The molecule has 1 fully saturated rings. The average molecular weight is 346 g/mol. The van der Waals surface area contributed by atoms with Crippen molar-refractivity contribution >= 4 is 23.2 Å². The van der Waals surface area contributed by atoms with Gasteiger partial charge in [0.15, 0.2) is 6.61 Å². The normalized spacial score (nSPS) is 19.0. The molecule has 1 saturated carbocycles. The Labute approximate surface area is 146 Å². The van der Waals surface area contributed by atoms with Crippen molar-refractivity contribution in [1.29, 1.82) is 5.26 Å². The number of nitriles is 1. The van der Waals surface area contributed by atoms with E-state index >= 15 is 0 Å². The fourth-order valence-corrected chi connectivity index (χ4v) is 4.66. The molecule has 0 atom stereocenters. The van der Waals surface area contributed by atoms with Crippen molar-refractivity contribution in [3.05, 3.63) is 21.4 Å². The number of rotatable bonds is 4. The largest absolute Gasteiger partial charge is 0.451 e. The first-order valence-electron chi connectivity index (χ1n) is 8.63. The van der Waals surface area contributed by atoms with E-state index in [4.69, 9.17) is 4.74 Å². The van der Waals surface area contributed by atoms with Crippen LogP contribution in [0.25, 0.3) is 0 Å². The summed E-state index contributed by atoms with van der Waals surface area (Å²) in [5.74, 6) is -0.842. The van der Waals surface area contributed by atoms with Gasteiger partial charge in [0, 0.05) is 4.88 Å². The SMILES string of the molecule is N#CC1(NC(=O)COC(=O)c2cc3c(s2)CCCCC3)CCCC1. The summed E-state index contributed by atoms with van der Waals surface area (Å²) in [6.07, 6.45) is 8.83. The number of aryl methyl sites for hydroxylation is 2. The van der Waals surface area contributed by atoms with E-state index in [1.165, 1.54) is 34.6 Å². The molecule has 0 unspecified atom stereocenters. The van der Waals surface area contributed by atoms with Gasteiger partial charge < -0.3 is 10.1 Å². The molecule has 0 radical (unpaired) electrons. The van der Waals surface area contributed by atoms with Gasteiger partial charge in [-0.15, -0.1) is 11.3 Å². The second-order valence-corrected chi connectivity index (χ2v) is 7.78. The Morgan fingerprint density at radius 3 is 2.71 bits per heavy atom. The zero-order valence-electron chi connectivity index (χ0n) is 13.7. The zero-order chi connectivity index (χ0) is 17.0. The number of nitrogens with one attached hydrogen (secondary N) is 1. The van der Waals surface area contributed by atoms with Gasteiger partial charge in [0.05, 0.1) is 6.07 Å². The van der Waals surface area contributed by atoms with E-state index in [0.717, 1.165) is 32.1 Å². The van der Waals surface area contributed by atoms with Crippen LogP contribution < -0.4 is 5.32 Å². The second-order valence-electron chi connectivity index (χ2n) is 6.65. The van der Waals surface area contributed by atoms with Gasteiger partial charge in [0.25, 0.3) is 5.91 Å². The summed E-state index contributed by atoms with van der Waals surface area (Å²) < 4.78 is 5.15. The molecule has 0 aliphatic heterocycles. The molecule has 1 aromatic rings. The molecule has 1 aromatic heterocycles. The Bertz CT molecular complexity index is 645. The molecule has 1 N–H and O–H groups in total. The Kier molecular flexibility index (Phi) is 5.20. The summed E-state index contributed by atoms with van der Waals surface area (Å²) in [7, 11) is 0. The first-order valence-corrected chi connectivity index (χ1v) is 9.44. The van der Waals surface area contributed by atoms with Crippen LogP contribution >= 0.6 is 11.3 Å². The van der Waals surface area contributed by atoms with Crippen LogP contribution in [0, 0.1) is 11.3 Å². The van der Waals surface area contributed by atoms with Crippen molar-refractivity contribution in [1.82, 2.24) is 5.32 Å². The average Bonchev–Trinajstić information content (AvgIpc) is 3.15. The number of amides is 1. The number of fused-ring (bicyclic) bond motifs is 1. The molecule has 2 aliphatic carbocycles. The van der Waals surface area contributed by atoms with Crippen molar-refractivity contribution in [3.8, 4) is 6.07 Å². The van der Waals surface area contributed by atoms with Gasteiger partial charge in [0.1, 0.15) is 10.4 Å². The molecule has 24 heavy (non-hydrogen) atoms. The quantitative estimate of drug-likeness (QED) is 0.671. The van der Waals surface area contributed by atoms with E-state index in [1.807, 2.05) is 6.07 Å². The molecule has 0 saturated heterocycles. The number of thiophene rings is 1. The maximum atomic E-state index is 12.2. The van der Waals surface area contributed by atoms with Crippen LogP contribution in [0.2, 0.25) is 0 Å². The van der Waals surface area contributed by atoms with Crippen molar-refractivity contribution in [2.45, 2.75) is 63.3 Å². The molecule has 1 heterocycles. The summed E-state index contributed by atoms with van der Waals surface area (Å²) in [6, 6.07) is 4.11. The Hall–Kier alpha value is -1.87. The van der Waals surface area contributed by atoms with Crippen molar-refractivity contribution < 1.29 is 14.3 Å². The molecule has 0 aromatic carbocycles. The zero-order valence-corrected chi connectivity index (χ0v) is 14.5. The summed E-state index contributed by atoms with van der Waals surface area (Å²) in [4.78, 5) is 26.0. The first kappa shape index (κ1) is 17.0. The third kappa shape index (κ3) is 3.78. The van der Waals surface area contributed by atoms with Crippen molar-refractivity contribution in [2.24, 2.45) is 0 Å². The number of ether oxygens (including phenoxy) is 1. The van der Waals surface area contributed by atoms with Gasteiger partial charge in [-0.05, 0) is 63.0 Å². The van der Waals surface area contributed by atoms with Gasteiger partial charge in [-0.1, -0.05) is 6.42 Å². The van der Waals surface area contributed by atoms with Crippen LogP contribution in [0.15, 0.2) is 6.07 Å². The van der Waals surface area contributed by atoms with Crippen LogP contribution in [0.3, 0.4) is 0 Å². The number of carbonyl (C=O) groups is 2. The predicted octanol–water partition coefficient (Wildman–Crippen LogP) is 3.13. The number of hydrogen-bond acceptors (Lipinski definition) is 5. The van der Waals surface area contributed by atoms with Crippen LogP contribution in [-0.2, 0) is 22.4 Å². The first-order chi connectivity index (χ1) is 11.6. The fourth-order valence-electron chi connectivity index (χ4n) is 3.52. The summed E-state index contributed by atoms with van der Waals surface area (Å²) in [5.41, 5.74) is 0.479. The third-order valence-corrected chi connectivity index (χ3v) is 6.05. The van der Waals surface area contributed by atoms with Crippen molar-refractivity contribution in [3.63, 3.8) is 0 Å². The minimum atomic E-state index is -0.774. The highest BCUT2D eigenvalue weighted by Crippen LogP contribution is 2.30. The van der Waals surface area contributed by atoms with Crippen molar-refractivity contribution in [2.75, 3.05) is 6.61 Å². The second kappa shape index (κ2) is 7.35. The lowest BCUT2D eigenvalue weighted by Gasteiger charge is -2.21. The van der Waals surface area contributed by atoms with Gasteiger partial charge in [0.2, 0.25) is 0 Å². The molecule has 2 aliphatic rings. The molecular weight excluding hydrogens is 324 g/mol. The lowest BCUT2D eigenvalue weighted by molar-refractivity contribution is -0.125. The molecule has 1 amide bonds. The van der Waals surface area contributed by atoms with E-state index < -0.39 is 17.4 Å². The van der Waals surface area contributed by atoms with E-state index in [1.54, 1.807) is 0 Å². The lowest BCUT2D eigenvalue weighted by atomic mass is 10.00. The molecule has 3 rings (SSSR count). The van der Waals surface area contributed by atoms with Crippen LogP contribution in [0.5, 0.6) is 0 Å². The van der Waals surface area contributed by atoms with E-state index in [-0.39, 0.29) is 6.61 Å². The van der Waals surface area contributed by atoms with Crippen LogP contribution in [-0.4, -0.2) is 24.0 Å². The number of hydrogen-bond donors (Lipinski definition) is 1. The third-order valence-electron chi connectivity index (χ3n) is 4.83. The minimum absolute atomic E-state index is 0.329. The minimum Gasteiger partial charge on any atom is -0.451 e.